The molecule has 0 amide bonds. The summed E-state index contributed by atoms with van der Waals surface area (Å²) in [5, 5.41) is 0.786. The van der Waals surface area contributed by atoms with Gasteiger partial charge in [0.2, 0.25) is 5.78 Å². The lowest BCUT2D eigenvalue weighted by Crippen LogP contribution is -2.02. The molecule has 0 spiro atoms. The van der Waals surface area contributed by atoms with Gasteiger partial charge in [0.05, 0.1) is 23.9 Å². The zero-order valence-electron chi connectivity index (χ0n) is 17.3. The molecular weight excluding hydrogens is 500 g/mol. The summed E-state index contributed by atoms with van der Waals surface area (Å²) in [5.41, 5.74) is 11.7. The maximum atomic E-state index is 13.3. The molecule has 0 unspecified atom stereocenters. The standard InChI is InChI=1S/C26H17BrN2O3S/c27-16-8-5-14(6-9-16)24(30)25-22(28)21-20(19-4-2-12-32-19)18-10-7-15(13-17-3-1-11-31-17)23(18)29-26(21)33-25/h1-6,8-9,11-13H,7,10,28H2/b15-13+. The van der Waals surface area contributed by atoms with Crippen molar-refractivity contribution in [1.29, 1.82) is 0 Å². The zero-order chi connectivity index (χ0) is 22.5. The van der Waals surface area contributed by atoms with Crippen molar-refractivity contribution in [3.8, 4) is 11.3 Å². The molecule has 2 N–H and O–H groups in total. The van der Waals surface area contributed by atoms with Gasteiger partial charge in [-0.25, -0.2) is 4.98 Å². The van der Waals surface area contributed by atoms with Crippen molar-refractivity contribution in [2.75, 3.05) is 5.73 Å². The molecular formula is C26H17BrN2O3S. The fourth-order valence-electron chi connectivity index (χ4n) is 4.36. The van der Waals surface area contributed by atoms with E-state index in [1.54, 1.807) is 24.7 Å². The summed E-state index contributed by atoms with van der Waals surface area (Å²) in [5.74, 6) is 1.40. The number of hydrogen-bond donors (Lipinski definition) is 1. The molecule has 0 atom stereocenters. The van der Waals surface area contributed by atoms with Gasteiger partial charge in [-0.05, 0) is 78.6 Å². The molecule has 7 heteroatoms. The highest BCUT2D eigenvalue weighted by molar-refractivity contribution is 9.10. The number of ketones is 1. The van der Waals surface area contributed by atoms with Crippen molar-refractivity contribution in [3.05, 3.63) is 93.0 Å². The van der Waals surface area contributed by atoms with Crippen LogP contribution in [0.15, 0.2) is 74.4 Å². The molecule has 1 aliphatic carbocycles. The van der Waals surface area contributed by atoms with E-state index in [-0.39, 0.29) is 5.78 Å². The number of carbonyl (C=O) groups is 1. The molecule has 1 aliphatic rings. The average Bonchev–Trinajstić information content (AvgIpc) is 3.62. The Hall–Kier alpha value is -3.42. The van der Waals surface area contributed by atoms with Crippen molar-refractivity contribution in [3.63, 3.8) is 0 Å². The zero-order valence-corrected chi connectivity index (χ0v) is 19.7. The number of thiophene rings is 1. The number of allylic oxidation sites excluding steroid dienone is 1. The number of fused-ring (bicyclic) bond motifs is 2. The summed E-state index contributed by atoms with van der Waals surface area (Å²) in [4.78, 5) is 19.5. The first kappa shape index (κ1) is 20.2. The molecule has 0 radical (unpaired) electrons. The van der Waals surface area contributed by atoms with E-state index in [2.05, 4.69) is 15.9 Å². The van der Waals surface area contributed by atoms with E-state index in [4.69, 9.17) is 19.6 Å². The highest BCUT2D eigenvalue weighted by Crippen LogP contribution is 2.47. The Balaban J connectivity index is 1.58. The highest BCUT2D eigenvalue weighted by Gasteiger charge is 2.30. The fraction of sp³-hybridized carbons (Fsp3) is 0.0769. The van der Waals surface area contributed by atoms with E-state index in [1.165, 1.54) is 11.3 Å². The van der Waals surface area contributed by atoms with Gasteiger partial charge in [0.15, 0.2) is 0 Å². The summed E-state index contributed by atoms with van der Waals surface area (Å²) in [6.45, 7) is 0. The smallest absolute Gasteiger partial charge is 0.205 e. The van der Waals surface area contributed by atoms with Gasteiger partial charge in [-0.3, -0.25) is 4.79 Å². The Bertz CT molecular complexity index is 1530. The van der Waals surface area contributed by atoms with E-state index in [9.17, 15) is 4.79 Å². The van der Waals surface area contributed by atoms with E-state index in [0.29, 0.717) is 16.1 Å². The fourth-order valence-corrected chi connectivity index (χ4v) is 5.69. The Kier molecular flexibility index (Phi) is 4.81. The van der Waals surface area contributed by atoms with Gasteiger partial charge < -0.3 is 14.6 Å². The van der Waals surface area contributed by atoms with Gasteiger partial charge in [-0.1, -0.05) is 15.9 Å². The quantitative estimate of drug-likeness (QED) is 0.255. The van der Waals surface area contributed by atoms with Crippen LogP contribution in [0.1, 0.15) is 38.7 Å². The molecule has 0 saturated heterocycles. The Morgan fingerprint density at radius 3 is 2.58 bits per heavy atom. The number of nitrogens with zero attached hydrogens (tertiary/aromatic N) is 1. The van der Waals surface area contributed by atoms with Crippen LogP contribution >= 0.6 is 27.3 Å². The van der Waals surface area contributed by atoms with Gasteiger partial charge >= 0.3 is 0 Å². The predicted octanol–water partition coefficient (Wildman–Crippen LogP) is 7.21. The summed E-state index contributed by atoms with van der Waals surface area (Å²) in [6.07, 6.45) is 7.00. The van der Waals surface area contributed by atoms with E-state index in [0.717, 1.165) is 61.4 Å². The average molecular weight is 517 g/mol. The Morgan fingerprint density at radius 1 is 1.06 bits per heavy atom. The minimum atomic E-state index is -0.111. The van der Waals surface area contributed by atoms with Crippen molar-refractivity contribution in [2.45, 2.75) is 12.8 Å². The van der Waals surface area contributed by atoms with Crippen molar-refractivity contribution in [1.82, 2.24) is 4.98 Å². The number of hydrogen-bond acceptors (Lipinski definition) is 6. The number of anilines is 1. The van der Waals surface area contributed by atoms with Gasteiger partial charge in [0.25, 0.3) is 0 Å². The normalized spacial score (nSPS) is 14.3. The van der Waals surface area contributed by atoms with Crippen LogP contribution in [0.4, 0.5) is 5.69 Å². The van der Waals surface area contributed by atoms with Crippen molar-refractivity contribution < 1.29 is 13.6 Å². The predicted molar refractivity (Wildman–Crippen MR) is 134 cm³/mol. The topological polar surface area (TPSA) is 82.3 Å². The summed E-state index contributed by atoms with van der Waals surface area (Å²) in [6, 6.07) is 14.9. The molecule has 1 aromatic carbocycles. The number of pyridine rings is 1. The second kappa shape index (κ2) is 7.86. The molecule has 4 heterocycles. The largest absolute Gasteiger partial charge is 0.465 e. The molecule has 33 heavy (non-hydrogen) atoms. The number of halogens is 1. The minimum Gasteiger partial charge on any atom is -0.465 e. The van der Waals surface area contributed by atoms with Crippen LogP contribution in [-0.2, 0) is 6.42 Å². The van der Waals surface area contributed by atoms with Crippen LogP contribution in [0, 0.1) is 0 Å². The molecule has 0 saturated carbocycles. The maximum Gasteiger partial charge on any atom is 0.205 e. The Morgan fingerprint density at radius 2 is 1.85 bits per heavy atom. The third-order valence-corrected chi connectivity index (χ3v) is 7.49. The van der Waals surface area contributed by atoms with E-state index >= 15 is 0 Å². The van der Waals surface area contributed by atoms with Crippen LogP contribution in [-0.4, -0.2) is 10.8 Å². The lowest BCUT2D eigenvalue weighted by Gasteiger charge is -2.09. The molecule has 0 aliphatic heterocycles. The second-order valence-corrected chi connectivity index (χ2v) is 9.75. The number of nitrogens with two attached hydrogens (primary N) is 1. The first-order valence-electron chi connectivity index (χ1n) is 10.4. The number of nitrogen functional groups attached to an aromatic ring is 1. The second-order valence-electron chi connectivity index (χ2n) is 7.84. The summed E-state index contributed by atoms with van der Waals surface area (Å²) in [7, 11) is 0. The molecule has 162 valence electrons. The van der Waals surface area contributed by atoms with Gasteiger partial charge in [0, 0.05) is 21.0 Å². The lowest BCUT2D eigenvalue weighted by atomic mass is 9.99. The summed E-state index contributed by atoms with van der Waals surface area (Å²) >= 11 is 4.74. The number of benzene rings is 1. The van der Waals surface area contributed by atoms with Crippen molar-refractivity contribution >= 4 is 60.6 Å². The molecule has 5 nitrogen and oxygen atoms in total. The van der Waals surface area contributed by atoms with Crippen LogP contribution < -0.4 is 5.73 Å². The SMILES string of the molecule is Nc1c(C(=O)c2ccc(Br)cc2)sc2nc3c(c(-c4ccco4)c12)CC/C3=C\c1ccco1. The lowest BCUT2D eigenvalue weighted by molar-refractivity contribution is 0.104. The number of furan rings is 2. The minimum absolute atomic E-state index is 0.111. The maximum absolute atomic E-state index is 13.3. The van der Waals surface area contributed by atoms with Crippen LogP contribution in [0.2, 0.25) is 0 Å². The third kappa shape index (κ3) is 3.35. The number of rotatable bonds is 4. The molecule has 4 aromatic heterocycles. The summed E-state index contributed by atoms with van der Waals surface area (Å²) < 4.78 is 12.2. The number of carbonyl (C=O) groups excluding carboxylic acids is 1. The third-order valence-electron chi connectivity index (χ3n) is 5.87. The number of aromatic nitrogens is 1. The first-order chi connectivity index (χ1) is 16.1. The van der Waals surface area contributed by atoms with Crippen LogP contribution in [0.25, 0.3) is 33.2 Å². The molecule has 6 rings (SSSR count). The van der Waals surface area contributed by atoms with E-state index in [1.807, 2.05) is 42.5 Å². The Labute approximate surface area is 201 Å². The first-order valence-corrected chi connectivity index (χ1v) is 12.0. The van der Waals surface area contributed by atoms with Crippen molar-refractivity contribution in [2.24, 2.45) is 0 Å². The van der Waals surface area contributed by atoms with Gasteiger partial charge in [-0.15, -0.1) is 11.3 Å². The van der Waals surface area contributed by atoms with Crippen LogP contribution in [0.5, 0.6) is 0 Å². The van der Waals surface area contributed by atoms with Gasteiger partial charge in [-0.2, -0.15) is 0 Å². The monoisotopic (exact) mass is 516 g/mol. The molecule has 0 bridgehead atoms. The van der Waals surface area contributed by atoms with E-state index < -0.39 is 0 Å². The van der Waals surface area contributed by atoms with Gasteiger partial charge in [0.1, 0.15) is 21.2 Å². The highest BCUT2D eigenvalue weighted by atomic mass is 79.9. The molecule has 0 fully saturated rings. The van der Waals surface area contributed by atoms with Crippen LogP contribution in [0.3, 0.4) is 0 Å². The molecule has 5 aromatic rings.